The molecule has 0 heterocycles. The van der Waals surface area contributed by atoms with Crippen LogP contribution in [-0.4, -0.2) is 0 Å². The minimum atomic E-state index is -0.390. The van der Waals surface area contributed by atoms with Crippen molar-refractivity contribution in [3.8, 4) is 6.07 Å². The van der Waals surface area contributed by atoms with Gasteiger partial charge in [-0.3, -0.25) is 0 Å². The third-order valence-corrected chi connectivity index (χ3v) is 2.70. The lowest BCUT2D eigenvalue weighted by Gasteiger charge is -2.08. The van der Waals surface area contributed by atoms with Crippen LogP contribution in [0.15, 0.2) is 42.5 Å². The van der Waals surface area contributed by atoms with Crippen LogP contribution >= 0.6 is 11.6 Å². The van der Waals surface area contributed by atoms with Gasteiger partial charge in [0, 0.05) is 17.3 Å². The predicted molar refractivity (Wildman–Crippen MR) is 69.9 cm³/mol. The van der Waals surface area contributed by atoms with Gasteiger partial charge in [0.05, 0.1) is 11.6 Å². The molecule has 2 nitrogen and oxygen atoms in total. The van der Waals surface area contributed by atoms with Gasteiger partial charge < -0.3 is 5.32 Å². The summed E-state index contributed by atoms with van der Waals surface area (Å²) in [6.45, 7) is 0.448. The van der Waals surface area contributed by atoms with Crippen molar-refractivity contribution in [2.45, 2.75) is 6.54 Å². The number of nitrogens with one attached hydrogen (secondary N) is 1. The summed E-state index contributed by atoms with van der Waals surface area (Å²) in [5.74, 6) is -0.390. The molecule has 90 valence electrons. The number of nitrogens with zero attached hydrogens (tertiary/aromatic N) is 1. The van der Waals surface area contributed by atoms with E-state index in [2.05, 4.69) is 11.4 Å². The molecule has 0 atom stereocenters. The lowest BCUT2D eigenvalue weighted by Crippen LogP contribution is -2.01. The van der Waals surface area contributed by atoms with Gasteiger partial charge >= 0.3 is 0 Å². The molecule has 0 radical (unpaired) electrons. The van der Waals surface area contributed by atoms with Crippen LogP contribution in [0.3, 0.4) is 0 Å². The summed E-state index contributed by atoms with van der Waals surface area (Å²) in [4.78, 5) is 0. The molecule has 2 rings (SSSR count). The van der Waals surface area contributed by atoms with Crippen LogP contribution in [0.2, 0.25) is 5.02 Å². The SMILES string of the molecule is N#Cc1ccccc1CNc1cc(F)cc(Cl)c1. The molecule has 0 fully saturated rings. The summed E-state index contributed by atoms with van der Waals surface area (Å²) in [5.41, 5.74) is 2.06. The fourth-order valence-electron chi connectivity index (χ4n) is 1.64. The minimum Gasteiger partial charge on any atom is -0.381 e. The van der Waals surface area contributed by atoms with Crippen molar-refractivity contribution in [3.05, 3.63) is 64.4 Å². The van der Waals surface area contributed by atoms with Gasteiger partial charge in [-0.1, -0.05) is 29.8 Å². The lowest BCUT2D eigenvalue weighted by atomic mass is 10.1. The molecule has 0 spiro atoms. The second-order valence-corrected chi connectivity index (χ2v) is 4.22. The van der Waals surface area contributed by atoms with E-state index in [9.17, 15) is 4.39 Å². The van der Waals surface area contributed by atoms with E-state index in [0.717, 1.165) is 5.56 Å². The summed E-state index contributed by atoms with van der Waals surface area (Å²) in [7, 11) is 0. The monoisotopic (exact) mass is 260 g/mol. The van der Waals surface area contributed by atoms with Crippen LogP contribution in [0.1, 0.15) is 11.1 Å². The second kappa shape index (κ2) is 5.52. The molecule has 2 aromatic carbocycles. The molecule has 0 bridgehead atoms. The number of halogens is 2. The van der Waals surface area contributed by atoms with Crippen molar-refractivity contribution in [3.63, 3.8) is 0 Å². The molecule has 2 aromatic rings. The molecule has 0 aliphatic carbocycles. The van der Waals surface area contributed by atoms with Crippen LogP contribution in [0.4, 0.5) is 10.1 Å². The third kappa shape index (κ3) is 2.99. The average molecular weight is 261 g/mol. The molecular formula is C14H10ClFN2. The Kier molecular flexibility index (Phi) is 3.81. The second-order valence-electron chi connectivity index (χ2n) is 3.78. The van der Waals surface area contributed by atoms with Gasteiger partial charge in [-0.15, -0.1) is 0 Å². The van der Waals surface area contributed by atoms with Crippen molar-refractivity contribution in [1.82, 2.24) is 0 Å². The van der Waals surface area contributed by atoms with Crippen molar-refractivity contribution < 1.29 is 4.39 Å². The largest absolute Gasteiger partial charge is 0.381 e. The van der Waals surface area contributed by atoms with E-state index in [4.69, 9.17) is 16.9 Å². The molecule has 4 heteroatoms. The Bertz CT molecular complexity index is 585. The zero-order valence-corrected chi connectivity index (χ0v) is 10.2. The van der Waals surface area contributed by atoms with Gasteiger partial charge in [-0.05, 0) is 29.8 Å². The Morgan fingerprint density at radius 1 is 1.22 bits per heavy atom. The molecular weight excluding hydrogens is 251 g/mol. The van der Waals surface area contributed by atoms with E-state index in [1.54, 1.807) is 18.2 Å². The van der Waals surface area contributed by atoms with Gasteiger partial charge in [0.15, 0.2) is 0 Å². The normalized spacial score (nSPS) is 9.83. The molecule has 0 saturated heterocycles. The van der Waals surface area contributed by atoms with Crippen LogP contribution in [-0.2, 0) is 6.54 Å². The molecule has 18 heavy (non-hydrogen) atoms. The van der Waals surface area contributed by atoms with Crippen molar-refractivity contribution in [2.75, 3.05) is 5.32 Å². The Hall–Kier alpha value is -2.05. The highest BCUT2D eigenvalue weighted by molar-refractivity contribution is 6.30. The Labute approximate surface area is 110 Å². The molecule has 0 amide bonds. The predicted octanol–water partition coefficient (Wildman–Crippen LogP) is 3.96. The molecule has 0 aliphatic rings. The zero-order valence-electron chi connectivity index (χ0n) is 9.45. The maximum Gasteiger partial charge on any atom is 0.126 e. The smallest absolute Gasteiger partial charge is 0.126 e. The zero-order chi connectivity index (χ0) is 13.0. The summed E-state index contributed by atoms with van der Waals surface area (Å²) in [6, 6.07) is 13.6. The average Bonchev–Trinajstić information content (AvgIpc) is 2.35. The first-order valence-corrected chi connectivity index (χ1v) is 5.75. The Balaban J connectivity index is 2.14. The maximum atomic E-state index is 13.1. The summed E-state index contributed by atoms with van der Waals surface area (Å²) >= 11 is 5.76. The summed E-state index contributed by atoms with van der Waals surface area (Å²) in [5, 5.41) is 12.3. The Morgan fingerprint density at radius 2 is 2.00 bits per heavy atom. The molecule has 0 saturated carbocycles. The fourth-order valence-corrected chi connectivity index (χ4v) is 1.86. The van der Waals surface area contributed by atoms with E-state index >= 15 is 0 Å². The highest BCUT2D eigenvalue weighted by atomic mass is 35.5. The first kappa shape index (κ1) is 12.4. The number of anilines is 1. The van der Waals surface area contributed by atoms with E-state index in [1.165, 1.54) is 12.1 Å². The van der Waals surface area contributed by atoms with Crippen LogP contribution in [0, 0.1) is 17.1 Å². The standard InChI is InChI=1S/C14H10ClFN2/c15-12-5-13(16)7-14(6-12)18-9-11-4-2-1-3-10(11)8-17/h1-7,18H,9H2. The molecule has 0 aliphatic heterocycles. The number of rotatable bonds is 3. The first-order valence-electron chi connectivity index (χ1n) is 5.37. The highest BCUT2D eigenvalue weighted by Gasteiger charge is 2.02. The van der Waals surface area contributed by atoms with Crippen LogP contribution in [0.5, 0.6) is 0 Å². The van der Waals surface area contributed by atoms with E-state index in [1.807, 2.05) is 12.1 Å². The lowest BCUT2D eigenvalue weighted by molar-refractivity contribution is 0.628. The Morgan fingerprint density at radius 3 is 2.72 bits per heavy atom. The van der Waals surface area contributed by atoms with Gasteiger partial charge in [-0.2, -0.15) is 5.26 Å². The van der Waals surface area contributed by atoms with Crippen LogP contribution < -0.4 is 5.32 Å². The molecule has 0 unspecified atom stereocenters. The van der Waals surface area contributed by atoms with Crippen molar-refractivity contribution in [2.24, 2.45) is 0 Å². The topological polar surface area (TPSA) is 35.8 Å². The summed E-state index contributed by atoms with van der Waals surface area (Å²) < 4.78 is 13.1. The summed E-state index contributed by atoms with van der Waals surface area (Å²) in [6.07, 6.45) is 0. The van der Waals surface area contributed by atoms with Gasteiger partial charge in [0.2, 0.25) is 0 Å². The van der Waals surface area contributed by atoms with Gasteiger partial charge in [0.1, 0.15) is 5.82 Å². The fraction of sp³-hybridized carbons (Fsp3) is 0.0714. The van der Waals surface area contributed by atoms with Crippen molar-refractivity contribution in [1.29, 1.82) is 5.26 Å². The van der Waals surface area contributed by atoms with Gasteiger partial charge in [-0.25, -0.2) is 4.39 Å². The van der Waals surface area contributed by atoms with Gasteiger partial charge in [0.25, 0.3) is 0 Å². The highest BCUT2D eigenvalue weighted by Crippen LogP contribution is 2.19. The molecule has 1 N–H and O–H groups in total. The minimum absolute atomic E-state index is 0.339. The third-order valence-electron chi connectivity index (χ3n) is 2.48. The van der Waals surface area contributed by atoms with E-state index in [-0.39, 0.29) is 0 Å². The first-order chi connectivity index (χ1) is 8.69. The molecule has 0 aromatic heterocycles. The number of nitriles is 1. The van der Waals surface area contributed by atoms with E-state index in [0.29, 0.717) is 22.8 Å². The van der Waals surface area contributed by atoms with Crippen molar-refractivity contribution >= 4 is 17.3 Å². The number of hydrogen-bond donors (Lipinski definition) is 1. The number of benzene rings is 2. The van der Waals surface area contributed by atoms with Crippen LogP contribution in [0.25, 0.3) is 0 Å². The van der Waals surface area contributed by atoms with E-state index < -0.39 is 5.82 Å². The number of hydrogen-bond acceptors (Lipinski definition) is 2. The quantitative estimate of drug-likeness (QED) is 0.907. The maximum absolute atomic E-state index is 13.1.